The second kappa shape index (κ2) is 9.09. The zero-order valence-electron chi connectivity index (χ0n) is 17.6. The van der Waals surface area contributed by atoms with Gasteiger partial charge in [-0.1, -0.05) is 30.7 Å². The zero-order chi connectivity index (χ0) is 22.9. The lowest BCUT2D eigenvalue weighted by Crippen LogP contribution is -2.50. The van der Waals surface area contributed by atoms with Gasteiger partial charge in [0, 0.05) is 31.2 Å². The molecule has 1 unspecified atom stereocenters. The van der Waals surface area contributed by atoms with Crippen molar-refractivity contribution in [3.05, 3.63) is 53.1 Å². The highest BCUT2D eigenvalue weighted by Crippen LogP contribution is 2.33. The number of carbonyl (C=O) groups excluding carboxylic acids is 2. The highest BCUT2D eigenvalue weighted by molar-refractivity contribution is 7.89. The Kier molecular flexibility index (Phi) is 6.41. The number of sulfonamides is 1. The molecule has 8 nitrogen and oxygen atoms in total. The van der Waals surface area contributed by atoms with Crippen LogP contribution in [0.5, 0.6) is 5.75 Å². The summed E-state index contributed by atoms with van der Waals surface area (Å²) < 4.78 is 33.3. The van der Waals surface area contributed by atoms with E-state index >= 15 is 0 Å². The second-order valence-electron chi connectivity index (χ2n) is 7.75. The Morgan fingerprint density at radius 2 is 1.81 bits per heavy atom. The van der Waals surface area contributed by atoms with Crippen molar-refractivity contribution in [2.24, 2.45) is 0 Å². The number of ether oxygens (including phenoxy) is 1. The number of nitrogens with one attached hydrogen (secondary N) is 1. The molecule has 1 atom stereocenters. The van der Waals surface area contributed by atoms with Gasteiger partial charge >= 0.3 is 0 Å². The van der Waals surface area contributed by atoms with Crippen molar-refractivity contribution in [3.63, 3.8) is 0 Å². The van der Waals surface area contributed by atoms with Crippen molar-refractivity contribution in [3.8, 4) is 5.75 Å². The predicted octanol–water partition coefficient (Wildman–Crippen LogP) is 2.53. The van der Waals surface area contributed by atoms with E-state index in [4.69, 9.17) is 16.3 Å². The minimum Gasteiger partial charge on any atom is -0.478 e. The van der Waals surface area contributed by atoms with Gasteiger partial charge < -0.3 is 15.0 Å². The summed E-state index contributed by atoms with van der Waals surface area (Å²) in [6.07, 6.45) is 0.183. The van der Waals surface area contributed by atoms with Crippen LogP contribution in [0.2, 0.25) is 5.02 Å². The Bertz CT molecular complexity index is 1130. The van der Waals surface area contributed by atoms with Gasteiger partial charge in [-0.15, -0.1) is 0 Å². The largest absolute Gasteiger partial charge is 0.478 e. The first-order valence-corrected chi connectivity index (χ1v) is 12.2. The number of piperazine rings is 1. The average molecular weight is 478 g/mol. The molecule has 0 aromatic heterocycles. The number of nitrogens with zero attached hydrogens (tertiary/aromatic N) is 2. The molecule has 1 saturated heterocycles. The first kappa shape index (κ1) is 22.6. The third-order valence-electron chi connectivity index (χ3n) is 5.64. The summed E-state index contributed by atoms with van der Waals surface area (Å²) in [5.41, 5.74) is 1.20. The fraction of sp³-hybridized carbons (Fsp3) is 0.364. The van der Waals surface area contributed by atoms with Crippen molar-refractivity contribution >= 4 is 39.1 Å². The van der Waals surface area contributed by atoms with Gasteiger partial charge in [0.25, 0.3) is 5.91 Å². The minimum absolute atomic E-state index is 0.0523. The monoisotopic (exact) mass is 477 g/mol. The topological polar surface area (TPSA) is 96.0 Å². The van der Waals surface area contributed by atoms with Crippen LogP contribution >= 0.6 is 11.6 Å². The van der Waals surface area contributed by atoms with Crippen molar-refractivity contribution in [1.82, 2.24) is 9.21 Å². The Morgan fingerprint density at radius 3 is 2.47 bits per heavy atom. The van der Waals surface area contributed by atoms with Crippen LogP contribution in [-0.4, -0.2) is 61.7 Å². The average Bonchev–Trinajstić information content (AvgIpc) is 2.79. The first-order chi connectivity index (χ1) is 15.3. The summed E-state index contributed by atoms with van der Waals surface area (Å²) in [6.45, 7) is 2.87. The summed E-state index contributed by atoms with van der Waals surface area (Å²) in [4.78, 5) is 26.4. The van der Waals surface area contributed by atoms with Crippen molar-refractivity contribution in [2.45, 2.75) is 30.8 Å². The van der Waals surface area contributed by atoms with Crippen LogP contribution in [0.1, 0.15) is 18.9 Å². The maximum Gasteiger partial charge on any atom is 0.265 e. The van der Waals surface area contributed by atoms with E-state index in [1.165, 1.54) is 16.4 Å². The third kappa shape index (κ3) is 4.60. The summed E-state index contributed by atoms with van der Waals surface area (Å²) in [6, 6.07) is 11.6. The molecule has 2 aromatic rings. The fourth-order valence-corrected chi connectivity index (χ4v) is 5.35. The van der Waals surface area contributed by atoms with Crippen LogP contribution in [0.4, 0.5) is 5.69 Å². The Morgan fingerprint density at radius 1 is 1.12 bits per heavy atom. The van der Waals surface area contributed by atoms with Crippen LogP contribution in [-0.2, 0) is 26.0 Å². The lowest BCUT2D eigenvalue weighted by atomic mass is 10.1. The number of hydrogen-bond acceptors (Lipinski definition) is 5. The van der Waals surface area contributed by atoms with Gasteiger partial charge in [-0.05, 0) is 42.3 Å². The number of hydrogen-bond donors (Lipinski definition) is 1. The van der Waals surface area contributed by atoms with E-state index in [0.717, 1.165) is 5.56 Å². The quantitative estimate of drug-likeness (QED) is 0.713. The summed E-state index contributed by atoms with van der Waals surface area (Å²) in [5.74, 6) is 0.110. The zero-order valence-corrected chi connectivity index (χ0v) is 19.2. The molecule has 0 radical (unpaired) electrons. The Hall–Kier alpha value is -2.62. The van der Waals surface area contributed by atoms with Crippen LogP contribution in [0.25, 0.3) is 0 Å². The third-order valence-corrected chi connectivity index (χ3v) is 7.79. The summed E-state index contributed by atoms with van der Waals surface area (Å²) in [5, 5.41) is 3.33. The van der Waals surface area contributed by atoms with Gasteiger partial charge in [-0.3, -0.25) is 9.59 Å². The van der Waals surface area contributed by atoms with Crippen LogP contribution in [0.3, 0.4) is 0 Å². The molecule has 4 rings (SSSR count). The van der Waals surface area contributed by atoms with E-state index in [9.17, 15) is 18.0 Å². The molecule has 1 N–H and O–H groups in total. The normalized spacial score (nSPS) is 19.1. The van der Waals surface area contributed by atoms with Gasteiger partial charge in [0.05, 0.1) is 17.0 Å². The van der Waals surface area contributed by atoms with E-state index < -0.39 is 16.1 Å². The number of amides is 2. The van der Waals surface area contributed by atoms with Gasteiger partial charge in [0.15, 0.2) is 6.10 Å². The lowest BCUT2D eigenvalue weighted by Gasteiger charge is -2.34. The molecule has 0 saturated carbocycles. The molecule has 1 fully saturated rings. The molecule has 10 heteroatoms. The molecule has 2 aliphatic rings. The smallest absolute Gasteiger partial charge is 0.265 e. The van der Waals surface area contributed by atoms with E-state index in [0.29, 0.717) is 36.0 Å². The van der Waals surface area contributed by atoms with Gasteiger partial charge in [0.2, 0.25) is 15.9 Å². The van der Waals surface area contributed by atoms with Crippen LogP contribution < -0.4 is 10.1 Å². The molecular formula is C22H24ClN3O5S. The highest BCUT2D eigenvalue weighted by atomic mass is 35.5. The van der Waals surface area contributed by atoms with E-state index in [2.05, 4.69) is 5.32 Å². The first-order valence-electron chi connectivity index (χ1n) is 10.4. The molecule has 2 heterocycles. The number of anilines is 1. The van der Waals surface area contributed by atoms with E-state index in [-0.39, 0.29) is 36.2 Å². The SMILES string of the molecule is CCC1Oc2ccc(S(=O)(=O)N3CCN(C(=O)Cc4ccc(Cl)cc4)CC3)cc2NC1=O. The van der Waals surface area contributed by atoms with Gasteiger partial charge in [-0.25, -0.2) is 8.42 Å². The molecule has 2 aromatic carbocycles. The number of rotatable bonds is 5. The lowest BCUT2D eigenvalue weighted by molar-refractivity contribution is -0.131. The van der Waals surface area contributed by atoms with E-state index in [1.807, 2.05) is 19.1 Å². The number of carbonyl (C=O) groups is 2. The standard InChI is InChI=1S/C22H24ClN3O5S/c1-2-19-22(28)24-18-14-17(7-8-20(18)31-19)32(29,30)26-11-9-25(10-12-26)21(27)13-15-3-5-16(23)6-4-15/h3-8,14,19H,2,9-13H2,1H3,(H,24,28). The number of benzene rings is 2. The predicted molar refractivity (Wildman–Crippen MR) is 120 cm³/mol. The summed E-state index contributed by atoms with van der Waals surface area (Å²) in [7, 11) is -3.77. The van der Waals surface area contributed by atoms with Crippen molar-refractivity contribution in [1.29, 1.82) is 0 Å². The highest BCUT2D eigenvalue weighted by Gasteiger charge is 2.32. The molecule has 170 valence electrons. The van der Waals surface area contributed by atoms with Crippen LogP contribution in [0, 0.1) is 0 Å². The number of fused-ring (bicyclic) bond motifs is 1. The van der Waals surface area contributed by atoms with Crippen molar-refractivity contribution < 1.29 is 22.7 Å². The Balaban J connectivity index is 1.41. The molecule has 32 heavy (non-hydrogen) atoms. The van der Waals surface area contributed by atoms with Crippen molar-refractivity contribution in [2.75, 3.05) is 31.5 Å². The minimum atomic E-state index is -3.77. The number of halogens is 1. The maximum atomic E-state index is 13.1. The molecule has 0 aliphatic carbocycles. The summed E-state index contributed by atoms with van der Waals surface area (Å²) >= 11 is 5.88. The Labute approximate surface area is 192 Å². The van der Waals surface area contributed by atoms with Crippen LogP contribution in [0.15, 0.2) is 47.4 Å². The molecule has 0 bridgehead atoms. The van der Waals surface area contributed by atoms with Gasteiger partial charge in [-0.2, -0.15) is 4.31 Å². The molecule has 2 aliphatic heterocycles. The fourth-order valence-electron chi connectivity index (χ4n) is 3.77. The molecule has 2 amide bonds. The van der Waals surface area contributed by atoms with Gasteiger partial charge in [0.1, 0.15) is 5.75 Å². The second-order valence-corrected chi connectivity index (χ2v) is 10.1. The van der Waals surface area contributed by atoms with E-state index in [1.54, 1.807) is 23.1 Å². The molecular weight excluding hydrogens is 454 g/mol. The maximum absolute atomic E-state index is 13.1. The molecule has 0 spiro atoms.